The Balaban J connectivity index is 3.03. The van der Waals surface area contributed by atoms with Crippen LogP contribution in [0.3, 0.4) is 0 Å². The second-order valence-electron chi connectivity index (χ2n) is 4.11. The lowest BCUT2D eigenvalue weighted by Gasteiger charge is -2.20. The van der Waals surface area contributed by atoms with E-state index >= 15 is 0 Å². The number of carbonyl (C=O) groups is 1. The van der Waals surface area contributed by atoms with Crippen molar-refractivity contribution in [3.63, 3.8) is 0 Å². The van der Waals surface area contributed by atoms with E-state index < -0.39 is 15.9 Å². The maximum absolute atomic E-state index is 12.3. The molecule has 0 radical (unpaired) electrons. The van der Waals surface area contributed by atoms with Gasteiger partial charge in [-0.1, -0.05) is 17.7 Å². The summed E-state index contributed by atoms with van der Waals surface area (Å²) in [7, 11) is -2.27. The van der Waals surface area contributed by atoms with Crippen LogP contribution in [0.4, 0.5) is 0 Å². The Hall–Kier alpha value is -1.44. The minimum absolute atomic E-state index is 0.0790. The van der Waals surface area contributed by atoms with Gasteiger partial charge in [0, 0.05) is 13.7 Å². The summed E-state index contributed by atoms with van der Waals surface area (Å²) in [6, 6.07) is 6.41. The van der Waals surface area contributed by atoms with Crippen LogP contribution < -0.4 is 5.73 Å². The smallest absolute Gasteiger partial charge is 0.243 e. The average molecular weight is 286 g/mol. The van der Waals surface area contributed by atoms with E-state index in [0.717, 1.165) is 9.87 Å². The first-order valence-electron chi connectivity index (χ1n) is 5.72. The monoisotopic (exact) mass is 286 g/mol. The highest BCUT2D eigenvalue weighted by Gasteiger charge is 2.25. The molecule has 1 amide bonds. The summed E-state index contributed by atoms with van der Waals surface area (Å²) in [4.78, 5) is 11.1. The number of nitrogens with two attached hydrogens (primary N) is 1. The molecule has 0 aliphatic heterocycles. The summed E-state index contributed by atoms with van der Waals surface area (Å²) in [5.41, 5.74) is 6.03. The Morgan fingerprint density at radius 1 is 1.32 bits per heavy atom. The number of amides is 1. The second kappa shape index (κ2) is 6.65. The summed E-state index contributed by atoms with van der Waals surface area (Å²) >= 11 is 0. The predicted molar refractivity (Wildman–Crippen MR) is 71.0 cm³/mol. The van der Waals surface area contributed by atoms with Crippen molar-refractivity contribution in [1.29, 1.82) is 0 Å². The molecule has 0 atom stereocenters. The molecule has 0 heterocycles. The lowest BCUT2D eigenvalue weighted by Crippen LogP contribution is -2.40. The molecule has 0 bridgehead atoms. The highest BCUT2D eigenvalue weighted by molar-refractivity contribution is 7.89. The first kappa shape index (κ1) is 15.6. The zero-order chi connectivity index (χ0) is 14.5. The molecular weight excluding hydrogens is 268 g/mol. The van der Waals surface area contributed by atoms with Gasteiger partial charge in [0.25, 0.3) is 0 Å². The van der Waals surface area contributed by atoms with E-state index in [9.17, 15) is 13.2 Å². The molecule has 6 nitrogen and oxygen atoms in total. The van der Waals surface area contributed by atoms with E-state index in [1.165, 1.54) is 19.2 Å². The van der Waals surface area contributed by atoms with Crippen LogP contribution in [-0.2, 0) is 19.6 Å². The van der Waals surface area contributed by atoms with Gasteiger partial charge in [0.1, 0.15) is 0 Å². The van der Waals surface area contributed by atoms with Gasteiger partial charge in [-0.15, -0.1) is 0 Å². The molecule has 0 fully saturated rings. The maximum atomic E-state index is 12.3. The van der Waals surface area contributed by atoms with Crippen LogP contribution in [0.25, 0.3) is 0 Å². The predicted octanol–water partition coefficient (Wildman–Crippen LogP) is 0.117. The standard InChI is InChI=1S/C12H18N2O4S/c1-10-3-5-11(6-4-10)19(16,17)14(7-8-18-2)9-12(13)15/h3-6H,7-9H2,1-2H3,(H2,13,15). The van der Waals surface area contributed by atoms with E-state index in [2.05, 4.69) is 0 Å². The van der Waals surface area contributed by atoms with Crippen LogP contribution in [0.5, 0.6) is 0 Å². The van der Waals surface area contributed by atoms with Crippen molar-refractivity contribution in [2.24, 2.45) is 5.73 Å². The van der Waals surface area contributed by atoms with Gasteiger partial charge in [0.2, 0.25) is 15.9 Å². The third-order valence-corrected chi connectivity index (χ3v) is 4.40. The molecule has 1 rings (SSSR count). The number of hydrogen-bond donors (Lipinski definition) is 1. The van der Waals surface area contributed by atoms with Crippen LogP contribution in [0.1, 0.15) is 5.56 Å². The number of sulfonamides is 1. The number of rotatable bonds is 7. The van der Waals surface area contributed by atoms with E-state index in [4.69, 9.17) is 10.5 Å². The van der Waals surface area contributed by atoms with Gasteiger partial charge < -0.3 is 10.5 Å². The SMILES string of the molecule is COCCN(CC(N)=O)S(=O)(=O)c1ccc(C)cc1. The normalized spacial score (nSPS) is 11.7. The first-order valence-corrected chi connectivity index (χ1v) is 7.16. The highest BCUT2D eigenvalue weighted by Crippen LogP contribution is 2.15. The van der Waals surface area contributed by atoms with Crippen LogP contribution in [0.15, 0.2) is 29.2 Å². The van der Waals surface area contributed by atoms with Gasteiger partial charge in [-0.3, -0.25) is 4.79 Å². The molecule has 106 valence electrons. The molecule has 0 unspecified atom stereocenters. The van der Waals surface area contributed by atoms with Gasteiger partial charge in [0.15, 0.2) is 0 Å². The molecule has 0 aliphatic rings. The Morgan fingerprint density at radius 3 is 2.37 bits per heavy atom. The zero-order valence-corrected chi connectivity index (χ0v) is 11.8. The number of ether oxygens (including phenoxy) is 1. The summed E-state index contributed by atoms with van der Waals surface area (Å²) in [5, 5.41) is 0. The topological polar surface area (TPSA) is 89.7 Å². The van der Waals surface area contributed by atoms with Gasteiger partial charge in [-0.2, -0.15) is 4.31 Å². The zero-order valence-electron chi connectivity index (χ0n) is 11.0. The van der Waals surface area contributed by atoms with Crippen molar-refractivity contribution in [3.05, 3.63) is 29.8 Å². The molecular formula is C12H18N2O4S. The van der Waals surface area contributed by atoms with E-state index in [1.807, 2.05) is 6.92 Å². The molecule has 2 N–H and O–H groups in total. The van der Waals surface area contributed by atoms with Crippen LogP contribution in [-0.4, -0.2) is 45.4 Å². The third kappa shape index (κ3) is 4.30. The number of carbonyl (C=O) groups excluding carboxylic acids is 1. The fourth-order valence-corrected chi connectivity index (χ4v) is 2.90. The van der Waals surface area contributed by atoms with Crippen molar-refractivity contribution in [2.45, 2.75) is 11.8 Å². The summed E-state index contributed by atoms with van der Waals surface area (Å²) in [5.74, 6) is -0.702. The third-order valence-electron chi connectivity index (χ3n) is 2.54. The van der Waals surface area contributed by atoms with Crippen LogP contribution >= 0.6 is 0 Å². The molecule has 0 aliphatic carbocycles. The molecule has 0 saturated heterocycles. The van der Waals surface area contributed by atoms with Crippen molar-refractivity contribution in [3.8, 4) is 0 Å². The van der Waals surface area contributed by atoms with Gasteiger partial charge in [-0.05, 0) is 19.1 Å². The van der Waals surface area contributed by atoms with Gasteiger partial charge in [0.05, 0.1) is 18.0 Å². The Bertz CT molecular complexity index is 525. The highest BCUT2D eigenvalue weighted by atomic mass is 32.2. The van der Waals surface area contributed by atoms with Crippen molar-refractivity contribution < 1.29 is 17.9 Å². The minimum atomic E-state index is -3.73. The molecule has 0 spiro atoms. The van der Waals surface area contributed by atoms with Crippen LogP contribution in [0.2, 0.25) is 0 Å². The lowest BCUT2D eigenvalue weighted by atomic mass is 10.2. The fraction of sp³-hybridized carbons (Fsp3) is 0.417. The Labute approximate surface area is 113 Å². The maximum Gasteiger partial charge on any atom is 0.243 e. The summed E-state index contributed by atoms with van der Waals surface area (Å²) in [6.45, 7) is 1.77. The van der Waals surface area contributed by atoms with Crippen molar-refractivity contribution >= 4 is 15.9 Å². The number of hydrogen-bond acceptors (Lipinski definition) is 4. The number of methoxy groups -OCH3 is 1. The number of primary amides is 1. The first-order chi connectivity index (χ1) is 8.87. The number of benzene rings is 1. The number of nitrogens with zero attached hydrogens (tertiary/aromatic N) is 1. The van der Waals surface area contributed by atoms with E-state index in [-0.39, 0.29) is 24.6 Å². The lowest BCUT2D eigenvalue weighted by molar-refractivity contribution is -0.118. The minimum Gasteiger partial charge on any atom is -0.383 e. The summed E-state index contributed by atoms with van der Waals surface area (Å²) in [6.07, 6.45) is 0. The van der Waals surface area contributed by atoms with Crippen LogP contribution in [0, 0.1) is 6.92 Å². The van der Waals surface area contributed by atoms with Gasteiger partial charge >= 0.3 is 0 Å². The largest absolute Gasteiger partial charge is 0.383 e. The van der Waals surface area contributed by atoms with E-state index in [1.54, 1.807) is 12.1 Å². The molecule has 1 aromatic rings. The van der Waals surface area contributed by atoms with Crippen molar-refractivity contribution in [1.82, 2.24) is 4.31 Å². The Kier molecular flexibility index (Phi) is 5.46. The summed E-state index contributed by atoms with van der Waals surface area (Å²) < 4.78 is 30.6. The Morgan fingerprint density at radius 2 is 1.89 bits per heavy atom. The fourth-order valence-electron chi connectivity index (χ4n) is 1.51. The molecule has 7 heteroatoms. The second-order valence-corrected chi connectivity index (χ2v) is 6.05. The molecule has 1 aromatic carbocycles. The van der Waals surface area contributed by atoms with E-state index in [0.29, 0.717) is 0 Å². The molecule has 0 saturated carbocycles. The number of aryl methyl sites for hydroxylation is 1. The quantitative estimate of drug-likeness (QED) is 0.770. The molecule has 19 heavy (non-hydrogen) atoms. The average Bonchev–Trinajstić information content (AvgIpc) is 2.34. The van der Waals surface area contributed by atoms with Gasteiger partial charge in [-0.25, -0.2) is 8.42 Å². The van der Waals surface area contributed by atoms with Crippen molar-refractivity contribution in [2.75, 3.05) is 26.8 Å². The molecule has 0 aromatic heterocycles.